The van der Waals surface area contributed by atoms with Crippen LogP contribution >= 0.6 is 11.6 Å². The van der Waals surface area contributed by atoms with Gasteiger partial charge in [0.15, 0.2) is 0 Å². The summed E-state index contributed by atoms with van der Waals surface area (Å²) >= 11 is 5.95. The number of benzene rings is 1. The van der Waals surface area contributed by atoms with Gasteiger partial charge in [-0.2, -0.15) is 0 Å². The number of carbonyl (C=O) groups excluding carboxylic acids is 1. The summed E-state index contributed by atoms with van der Waals surface area (Å²) in [4.78, 5) is 11.6. The average molecular weight is 281 g/mol. The Morgan fingerprint density at radius 1 is 1.26 bits per heavy atom. The molecule has 1 aromatic rings. The molecular weight excluding hydrogens is 260 g/mol. The van der Waals surface area contributed by atoms with Crippen LogP contribution in [0.2, 0.25) is 5.02 Å². The van der Waals surface area contributed by atoms with Crippen LogP contribution in [-0.2, 0) is 10.2 Å². The van der Waals surface area contributed by atoms with Gasteiger partial charge in [-0.1, -0.05) is 36.6 Å². The zero-order chi connectivity index (χ0) is 13.7. The number of amides is 1. The van der Waals surface area contributed by atoms with Crippen LogP contribution in [0.15, 0.2) is 24.3 Å². The molecule has 1 saturated carbocycles. The fourth-order valence-corrected chi connectivity index (χ4v) is 3.04. The zero-order valence-corrected chi connectivity index (χ0v) is 12.1. The third-order valence-electron chi connectivity index (χ3n) is 3.98. The zero-order valence-electron chi connectivity index (χ0n) is 11.3. The number of likely N-dealkylation sites (N-methyl/N-ethyl adjacent to an activating group) is 1. The van der Waals surface area contributed by atoms with Gasteiger partial charge in [-0.25, -0.2) is 0 Å². The van der Waals surface area contributed by atoms with Crippen molar-refractivity contribution in [2.24, 2.45) is 0 Å². The lowest BCUT2D eigenvalue weighted by atomic mass is 9.79. The number of hydrogen-bond acceptors (Lipinski definition) is 2. The van der Waals surface area contributed by atoms with Crippen LogP contribution in [-0.4, -0.2) is 26.0 Å². The summed E-state index contributed by atoms with van der Waals surface area (Å²) in [5.41, 5.74) is 1.38. The summed E-state index contributed by atoms with van der Waals surface area (Å²) in [6, 6.07) is 8.06. The maximum absolute atomic E-state index is 11.6. The second-order valence-electron chi connectivity index (χ2n) is 5.30. The Morgan fingerprint density at radius 3 is 2.47 bits per heavy atom. The van der Waals surface area contributed by atoms with Crippen LogP contribution in [0.3, 0.4) is 0 Å². The molecule has 0 heterocycles. The first-order chi connectivity index (χ1) is 9.16. The summed E-state index contributed by atoms with van der Waals surface area (Å²) in [5, 5.41) is 6.68. The van der Waals surface area contributed by atoms with Crippen LogP contribution < -0.4 is 10.6 Å². The number of hydrogen-bond donors (Lipinski definition) is 2. The first kappa shape index (κ1) is 14.4. The Bertz CT molecular complexity index is 424. The van der Waals surface area contributed by atoms with Gasteiger partial charge >= 0.3 is 0 Å². The van der Waals surface area contributed by atoms with Crippen LogP contribution in [0.4, 0.5) is 0 Å². The van der Waals surface area contributed by atoms with E-state index in [1.165, 1.54) is 18.4 Å². The topological polar surface area (TPSA) is 41.1 Å². The highest BCUT2D eigenvalue weighted by Crippen LogP contribution is 2.40. The van der Waals surface area contributed by atoms with Gasteiger partial charge < -0.3 is 10.6 Å². The second kappa shape index (κ2) is 6.40. The molecule has 3 nitrogen and oxygen atoms in total. The molecule has 0 aromatic heterocycles. The summed E-state index contributed by atoms with van der Waals surface area (Å²) in [6.45, 7) is 1.09. The molecule has 4 heteroatoms. The highest BCUT2D eigenvalue weighted by Gasteiger charge is 2.35. The van der Waals surface area contributed by atoms with Crippen molar-refractivity contribution in [1.29, 1.82) is 0 Å². The van der Waals surface area contributed by atoms with Crippen molar-refractivity contribution in [3.8, 4) is 0 Å². The normalized spacial score (nSPS) is 17.4. The van der Waals surface area contributed by atoms with Gasteiger partial charge in [-0.15, -0.1) is 0 Å². The van der Waals surface area contributed by atoms with E-state index in [1.54, 1.807) is 7.05 Å². The van der Waals surface area contributed by atoms with E-state index < -0.39 is 0 Å². The van der Waals surface area contributed by atoms with Gasteiger partial charge in [0, 0.05) is 17.0 Å². The summed E-state index contributed by atoms with van der Waals surface area (Å²) in [5.74, 6) is 0.0581. The molecule has 104 valence electrons. The van der Waals surface area contributed by atoms with Crippen molar-refractivity contribution in [1.82, 2.24) is 10.6 Å². The fourth-order valence-electron chi connectivity index (χ4n) is 2.91. The monoisotopic (exact) mass is 280 g/mol. The Balaban J connectivity index is 2.09. The molecule has 1 aliphatic carbocycles. The molecule has 0 bridgehead atoms. The molecule has 0 aliphatic heterocycles. The molecule has 0 atom stereocenters. The van der Waals surface area contributed by atoms with Crippen molar-refractivity contribution >= 4 is 17.5 Å². The molecule has 0 saturated heterocycles. The molecule has 19 heavy (non-hydrogen) atoms. The van der Waals surface area contributed by atoms with Gasteiger partial charge in [-0.05, 0) is 37.6 Å². The quantitative estimate of drug-likeness (QED) is 0.870. The van der Waals surface area contributed by atoms with Crippen molar-refractivity contribution in [2.75, 3.05) is 20.1 Å². The molecule has 0 spiro atoms. The summed E-state index contributed by atoms with van der Waals surface area (Å²) < 4.78 is 0. The van der Waals surface area contributed by atoms with E-state index in [0.717, 1.165) is 24.4 Å². The lowest BCUT2D eigenvalue weighted by Gasteiger charge is -2.30. The van der Waals surface area contributed by atoms with Crippen LogP contribution in [0.25, 0.3) is 0 Å². The molecule has 1 fully saturated rings. The molecule has 2 rings (SSSR count). The van der Waals surface area contributed by atoms with E-state index in [1.807, 2.05) is 12.1 Å². The van der Waals surface area contributed by atoms with E-state index in [-0.39, 0.29) is 11.3 Å². The lowest BCUT2D eigenvalue weighted by Crippen LogP contribution is -2.41. The minimum Gasteiger partial charge on any atom is -0.354 e. The van der Waals surface area contributed by atoms with Crippen LogP contribution in [0, 0.1) is 0 Å². The molecular formula is C15H21ClN2O. The maximum Gasteiger partial charge on any atom is 0.233 e. The van der Waals surface area contributed by atoms with Crippen LogP contribution in [0.5, 0.6) is 0 Å². The molecule has 1 amide bonds. The SMILES string of the molecule is CNCC(=O)NCC1(c2ccc(Cl)cc2)CCCC1. The number of nitrogens with one attached hydrogen (secondary N) is 2. The highest BCUT2D eigenvalue weighted by molar-refractivity contribution is 6.30. The summed E-state index contributed by atoms with van der Waals surface area (Å²) in [6.07, 6.45) is 4.72. The predicted octanol–water partition coefficient (Wildman–Crippen LogP) is 2.49. The first-order valence-electron chi connectivity index (χ1n) is 6.84. The number of rotatable bonds is 5. The maximum atomic E-state index is 11.6. The molecule has 2 N–H and O–H groups in total. The molecule has 0 unspecified atom stereocenters. The molecule has 1 aliphatic rings. The van der Waals surface area contributed by atoms with E-state index in [0.29, 0.717) is 6.54 Å². The number of carbonyl (C=O) groups is 1. The van der Waals surface area contributed by atoms with Gasteiger partial charge in [0.1, 0.15) is 0 Å². The lowest BCUT2D eigenvalue weighted by molar-refractivity contribution is -0.120. The Labute approximate surface area is 119 Å². The third kappa shape index (κ3) is 3.48. The standard InChI is InChI=1S/C15H21ClN2O/c1-17-10-14(19)18-11-15(8-2-3-9-15)12-4-6-13(16)7-5-12/h4-7,17H,2-3,8-11H2,1H3,(H,18,19). The van der Waals surface area contributed by atoms with Gasteiger partial charge in [0.2, 0.25) is 5.91 Å². The van der Waals surface area contributed by atoms with Gasteiger partial charge in [-0.3, -0.25) is 4.79 Å². The Kier molecular flexibility index (Phi) is 4.83. The Morgan fingerprint density at radius 2 is 1.89 bits per heavy atom. The van der Waals surface area contributed by atoms with Gasteiger partial charge in [0.05, 0.1) is 6.54 Å². The second-order valence-corrected chi connectivity index (χ2v) is 5.74. The van der Waals surface area contributed by atoms with E-state index in [4.69, 9.17) is 11.6 Å². The minimum atomic E-state index is 0.0581. The first-order valence-corrected chi connectivity index (χ1v) is 7.21. The van der Waals surface area contributed by atoms with Crippen molar-refractivity contribution in [2.45, 2.75) is 31.1 Å². The fraction of sp³-hybridized carbons (Fsp3) is 0.533. The molecule has 0 radical (unpaired) electrons. The van der Waals surface area contributed by atoms with Gasteiger partial charge in [0.25, 0.3) is 0 Å². The Hall–Kier alpha value is -1.06. The highest BCUT2D eigenvalue weighted by atomic mass is 35.5. The van der Waals surface area contributed by atoms with Crippen molar-refractivity contribution < 1.29 is 4.79 Å². The summed E-state index contributed by atoms with van der Waals surface area (Å²) in [7, 11) is 1.78. The average Bonchev–Trinajstić information content (AvgIpc) is 2.88. The van der Waals surface area contributed by atoms with Crippen LogP contribution in [0.1, 0.15) is 31.2 Å². The van der Waals surface area contributed by atoms with Crippen molar-refractivity contribution in [3.05, 3.63) is 34.9 Å². The van der Waals surface area contributed by atoms with E-state index in [2.05, 4.69) is 22.8 Å². The van der Waals surface area contributed by atoms with Crippen molar-refractivity contribution in [3.63, 3.8) is 0 Å². The van der Waals surface area contributed by atoms with E-state index in [9.17, 15) is 4.79 Å². The smallest absolute Gasteiger partial charge is 0.233 e. The van der Waals surface area contributed by atoms with E-state index >= 15 is 0 Å². The minimum absolute atomic E-state index is 0.0581. The predicted molar refractivity (Wildman–Crippen MR) is 78.5 cm³/mol. The third-order valence-corrected chi connectivity index (χ3v) is 4.23. The number of halogens is 1. The largest absolute Gasteiger partial charge is 0.354 e. The molecule has 1 aromatic carbocycles.